The molecule has 0 radical (unpaired) electrons. The molecule has 0 aromatic carbocycles. The van der Waals surface area contributed by atoms with E-state index in [9.17, 15) is 5.11 Å². The number of aryl methyl sites for hydroxylation is 1. The van der Waals surface area contributed by atoms with Gasteiger partial charge in [0.15, 0.2) is 0 Å². The zero-order valence-electron chi connectivity index (χ0n) is 7.60. The Bertz CT molecular complexity index is 293. The molecule has 0 spiro atoms. The molecule has 1 aromatic heterocycles. The van der Waals surface area contributed by atoms with Crippen LogP contribution in [0, 0.1) is 0 Å². The molecule has 1 aromatic rings. The first-order valence-electron chi connectivity index (χ1n) is 4.33. The highest BCUT2D eigenvalue weighted by molar-refractivity contribution is 7.99. The molecule has 1 aliphatic heterocycles. The molecule has 4 nitrogen and oxygen atoms in total. The molecule has 1 unspecified atom stereocenters. The molecule has 0 aliphatic carbocycles. The Morgan fingerprint density at radius 3 is 3.15 bits per heavy atom. The molecule has 5 heteroatoms. The second-order valence-corrected chi connectivity index (χ2v) is 4.61. The minimum atomic E-state index is -0.550. The first-order chi connectivity index (χ1) is 6.20. The minimum Gasteiger partial charge on any atom is -0.389 e. The van der Waals surface area contributed by atoms with E-state index in [-0.39, 0.29) is 0 Å². The van der Waals surface area contributed by atoms with Crippen molar-refractivity contribution in [3.63, 3.8) is 0 Å². The molecule has 0 bridgehead atoms. The van der Waals surface area contributed by atoms with Gasteiger partial charge in [0.05, 0.1) is 5.60 Å². The molecule has 1 saturated heterocycles. The Balaban J connectivity index is 2.09. The highest BCUT2D eigenvalue weighted by Crippen LogP contribution is 2.30. The highest BCUT2D eigenvalue weighted by atomic mass is 32.2. The van der Waals surface area contributed by atoms with Gasteiger partial charge in [-0.3, -0.25) is 4.68 Å². The van der Waals surface area contributed by atoms with E-state index in [0.717, 1.165) is 23.8 Å². The summed E-state index contributed by atoms with van der Waals surface area (Å²) in [4.78, 5) is 4.11. The van der Waals surface area contributed by atoms with Crippen molar-refractivity contribution in [1.29, 1.82) is 0 Å². The van der Waals surface area contributed by atoms with Gasteiger partial charge in [-0.1, -0.05) is 0 Å². The van der Waals surface area contributed by atoms with Gasteiger partial charge in [0.2, 0.25) is 0 Å². The maximum Gasteiger partial charge on any atom is 0.138 e. The number of aromatic nitrogens is 3. The van der Waals surface area contributed by atoms with Gasteiger partial charge in [0.25, 0.3) is 0 Å². The maximum absolute atomic E-state index is 10.1. The molecule has 2 rings (SSSR count). The number of hydrogen-bond acceptors (Lipinski definition) is 4. The molecule has 72 valence electrons. The van der Waals surface area contributed by atoms with E-state index in [1.807, 2.05) is 7.05 Å². The second kappa shape index (κ2) is 3.31. The topological polar surface area (TPSA) is 50.9 Å². The normalized spacial score (nSPS) is 28.2. The van der Waals surface area contributed by atoms with Crippen molar-refractivity contribution in [2.24, 2.45) is 7.05 Å². The fourth-order valence-electron chi connectivity index (χ4n) is 1.51. The average Bonchev–Trinajstić information content (AvgIpc) is 2.64. The van der Waals surface area contributed by atoms with E-state index in [2.05, 4.69) is 10.1 Å². The smallest absolute Gasteiger partial charge is 0.138 e. The fraction of sp³-hybridized carbons (Fsp3) is 0.750. The van der Waals surface area contributed by atoms with E-state index in [0.29, 0.717) is 6.42 Å². The lowest BCUT2D eigenvalue weighted by Gasteiger charge is -2.19. The third-order valence-corrected chi connectivity index (χ3v) is 3.61. The van der Waals surface area contributed by atoms with Crippen LogP contribution in [-0.2, 0) is 13.5 Å². The summed E-state index contributed by atoms with van der Waals surface area (Å²) in [5, 5.41) is 14.1. The van der Waals surface area contributed by atoms with Crippen molar-refractivity contribution in [2.45, 2.75) is 18.4 Å². The van der Waals surface area contributed by atoms with Gasteiger partial charge in [-0.15, -0.1) is 0 Å². The quantitative estimate of drug-likeness (QED) is 0.740. The van der Waals surface area contributed by atoms with Crippen molar-refractivity contribution >= 4 is 11.8 Å². The number of hydrogen-bond donors (Lipinski definition) is 1. The van der Waals surface area contributed by atoms with Gasteiger partial charge < -0.3 is 5.11 Å². The lowest BCUT2D eigenvalue weighted by atomic mass is 9.99. The molecule has 1 aliphatic rings. The lowest BCUT2D eigenvalue weighted by Crippen LogP contribution is -2.32. The molecule has 1 N–H and O–H groups in total. The van der Waals surface area contributed by atoms with Crippen LogP contribution in [-0.4, -0.2) is 37.0 Å². The summed E-state index contributed by atoms with van der Waals surface area (Å²) in [6.45, 7) is 0. The molecule has 1 fully saturated rings. The standard InChI is InChI=1S/C8H13N3OS/c1-11-7(9-6-10-11)4-8(12)2-3-13-5-8/h6,12H,2-5H2,1H3. The van der Waals surface area contributed by atoms with Crippen LogP contribution in [0.15, 0.2) is 6.33 Å². The van der Waals surface area contributed by atoms with Crippen molar-refractivity contribution in [3.05, 3.63) is 12.2 Å². The van der Waals surface area contributed by atoms with E-state index in [1.165, 1.54) is 6.33 Å². The number of rotatable bonds is 2. The van der Waals surface area contributed by atoms with E-state index in [4.69, 9.17) is 0 Å². The van der Waals surface area contributed by atoms with E-state index in [1.54, 1.807) is 16.4 Å². The Labute approximate surface area is 81.4 Å². The molecule has 13 heavy (non-hydrogen) atoms. The van der Waals surface area contributed by atoms with Crippen LogP contribution in [0.3, 0.4) is 0 Å². The Hall–Kier alpha value is -0.550. The van der Waals surface area contributed by atoms with E-state index < -0.39 is 5.60 Å². The summed E-state index contributed by atoms with van der Waals surface area (Å²) >= 11 is 1.80. The van der Waals surface area contributed by atoms with Gasteiger partial charge in [-0.2, -0.15) is 16.9 Å². The van der Waals surface area contributed by atoms with Crippen LogP contribution in [0.4, 0.5) is 0 Å². The third kappa shape index (κ3) is 1.86. The largest absolute Gasteiger partial charge is 0.389 e. The van der Waals surface area contributed by atoms with Crippen molar-refractivity contribution in [3.8, 4) is 0 Å². The van der Waals surface area contributed by atoms with Gasteiger partial charge in [0.1, 0.15) is 12.2 Å². The van der Waals surface area contributed by atoms with Gasteiger partial charge in [-0.05, 0) is 12.2 Å². The van der Waals surface area contributed by atoms with Crippen molar-refractivity contribution in [2.75, 3.05) is 11.5 Å². The summed E-state index contributed by atoms with van der Waals surface area (Å²) in [7, 11) is 1.85. The summed E-state index contributed by atoms with van der Waals surface area (Å²) in [6.07, 6.45) is 3.02. The zero-order chi connectivity index (χ0) is 9.31. The van der Waals surface area contributed by atoms with Crippen molar-refractivity contribution < 1.29 is 5.11 Å². The predicted octanol–water partition coefficient (Wildman–Crippen LogP) is 0.226. The predicted molar refractivity (Wildman–Crippen MR) is 51.6 cm³/mol. The average molecular weight is 199 g/mol. The van der Waals surface area contributed by atoms with Gasteiger partial charge in [0, 0.05) is 19.2 Å². The lowest BCUT2D eigenvalue weighted by molar-refractivity contribution is 0.0656. The Morgan fingerprint density at radius 1 is 1.77 bits per heavy atom. The monoisotopic (exact) mass is 199 g/mol. The van der Waals surface area contributed by atoms with Crippen LogP contribution < -0.4 is 0 Å². The van der Waals surface area contributed by atoms with Crippen LogP contribution in [0.5, 0.6) is 0 Å². The minimum absolute atomic E-state index is 0.550. The number of thioether (sulfide) groups is 1. The third-order valence-electron chi connectivity index (χ3n) is 2.37. The summed E-state index contributed by atoms with van der Waals surface area (Å²) in [5.74, 6) is 2.73. The van der Waals surface area contributed by atoms with Crippen LogP contribution in [0.1, 0.15) is 12.2 Å². The Morgan fingerprint density at radius 2 is 2.62 bits per heavy atom. The summed E-state index contributed by atoms with van der Waals surface area (Å²) in [6, 6.07) is 0. The van der Waals surface area contributed by atoms with Gasteiger partial charge in [-0.25, -0.2) is 4.98 Å². The van der Waals surface area contributed by atoms with Crippen LogP contribution in [0.25, 0.3) is 0 Å². The zero-order valence-corrected chi connectivity index (χ0v) is 8.42. The first kappa shape index (κ1) is 9.02. The second-order valence-electron chi connectivity index (χ2n) is 3.50. The maximum atomic E-state index is 10.1. The molecular weight excluding hydrogens is 186 g/mol. The molecular formula is C8H13N3OS. The first-order valence-corrected chi connectivity index (χ1v) is 5.48. The molecule has 1 atom stereocenters. The molecule has 0 amide bonds. The van der Waals surface area contributed by atoms with Crippen LogP contribution in [0.2, 0.25) is 0 Å². The SMILES string of the molecule is Cn1ncnc1CC1(O)CCSC1. The Kier molecular flexibility index (Phi) is 2.29. The van der Waals surface area contributed by atoms with E-state index >= 15 is 0 Å². The van der Waals surface area contributed by atoms with Crippen molar-refractivity contribution in [1.82, 2.24) is 14.8 Å². The molecule has 0 saturated carbocycles. The van der Waals surface area contributed by atoms with Crippen LogP contribution >= 0.6 is 11.8 Å². The number of nitrogens with zero attached hydrogens (tertiary/aromatic N) is 3. The highest BCUT2D eigenvalue weighted by Gasteiger charge is 2.33. The van der Waals surface area contributed by atoms with Gasteiger partial charge >= 0.3 is 0 Å². The molecule has 2 heterocycles. The number of aliphatic hydroxyl groups is 1. The fourth-order valence-corrected chi connectivity index (χ4v) is 2.81. The summed E-state index contributed by atoms with van der Waals surface area (Å²) in [5.41, 5.74) is -0.550. The summed E-state index contributed by atoms with van der Waals surface area (Å²) < 4.78 is 1.72.